The Morgan fingerprint density at radius 3 is 2.58 bits per heavy atom. The summed E-state index contributed by atoms with van der Waals surface area (Å²) < 4.78 is 50.6. The molecule has 0 bridgehead atoms. The summed E-state index contributed by atoms with van der Waals surface area (Å²) in [7, 11) is -1.00. The predicted octanol–water partition coefficient (Wildman–Crippen LogP) is 5.75. The third kappa shape index (κ3) is 5.18. The summed E-state index contributed by atoms with van der Waals surface area (Å²) in [4.78, 5) is 18.3. The van der Waals surface area contributed by atoms with Gasteiger partial charge in [0.15, 0.2) is 0 Å². The van der Waals surface area contributed by atoms with Gasteiger partial charge < -0.3 is 24.2 Å². The lowest BCUT2D eigenvalue weighted by Crippen LogP contribution is -2.42. The third-order valence-electron chi connectivity index (χ3n) is 7.89. The maximum absolute atomic E-state index is 14.5. The molecule has 0 aliphatic carbocycles. The third-order valence-corrected chi connectivity index (χ3v) is 8.32. The van der Waals surface area contributed by atoms with E-state index in [1.807, 2.05) is 32.0 Å². The van der Waals surface area contributed by atoms with Gasteiger partial charge in [0.1, 0.15) is 5.69 Å². The summed E-state index contributed by atoms with van der Waals surface area (Å²) in [5, 5.41) is 17.1. The van der Waals surface area contributed by atoms with Gasteiger partial charge in [-0.05, 0) is 79.3 Å². The van der Waals surface area contributed by atoms with E-state index in [1.165, 1.54) is 24.3 Å². The van der Waals surface area contributed by atoms with Crippen molar-refractivity contribution >= 4 is 52.9 Å². The van der Waals surface area contributed by atoms with Gasteiger partial charge in [0.25, 0.3) is 11.5 Å². The molecular formula is C30H25BCl2F3N3O4. The Morgan fingerprint density at radius 1 is 1.12 bits per heavy atom. The van der Waals surface area contributed by atoms with Crippen LogP contribution >= 0.6 is 23.2 Å². The quantitative estimate of drug-likeness (QED) is 0.266. The average molecular weight is 630 g/mol. The van der Waals surface area contributed by atoms with Crippen LogP contribution in [0.15, 0.2) is 72.0 Å². The highest BCUT2D eigenvalue weighted by Crippen LogP contribution is 2.50. The molecule has 0 saturated heterocycles. The fraction of sp³-hybridized carbons (Fsp3) is 0.267. The number of aromatic nitrogens is 1. The van der Waals surface area contributed by atoms with Crippen molar-refractivity contribution in [2.24, 2.45) is 5.16 Å². The summed E-state index contributed by atoms with van der Waals surface area (Å²) >= 11 is 12.0. The summed E-state index contributed by atoms with van der Waals surface area (Å²) in [5.41, 5.74) is 0.197. The number of carbonyl (C=O) groups excluding carboxylic acids is 1. The number of rotatable bonds is 6. The minimum atomic E-state index is -4.83. The van der Waals surface area contributed by atoms with Crippen LogP contribution in [0.1, 0.15) is 53.0 Å². The van der Waals surface area contributed by atoms with E-state index in [1.54, 1.807) is 28.8 Å². The van der Waals surface area contributed by atoms with Crippen molar-refractivity contribution in [1.29, 1.82) is 0 Å². The lowest BCUT2D eigenvalue weighted by atomic mass is 9.77. The highest BCUT2D eigenvalue weighted by Gasteiger charge is 2.62. The first-order valence-electron chi connectivity index (χ1n) is 13.5. The summed E-state index contributed by atoms with van der Waals surface area (Å²) in [6.07, 6.45) is -3.27. The molecule has 2 aromatic heterocycles. The first kappa shape index (κ1) is 29.6. The standard InChI is InChI=1S/C30H25BCl2F3N3O4/c1-28(2)22-7-5-17(12-23(22)31(41)42-28)9-10-37-27(40)26-8-6-21(25-4-3-11-39(25)26)24-16-29(43-38-24,30(34,35)36)18-13-19(32)15-20(33)14-18/h3-8,11-15,41H,9-10,16H2,1-2H3,(H,37,40). The van der Waals surface area contributed by atoms with E-state index in [4.69, 9.17) is 32.7 Å². The topological polar surface area (TPSA) is 84.6 Å². The molecule has 4 heterocycles. The Balaban J connectivity index is 1.20. The fourth-order valence-electron chi connectivity index (χ4n) is 5.74. The molecule has 0 radical (unpaired) electrons. The SMILES string of the molecule is CC1(C)OB(O)c2cc(CCNC(=O)c3ccc(C4=NOC(c5cc(Cl)cc(Cl)c5)(C(F)(F)F)C4)c4cccn34)ccc21. The number of fused-ring (bicyclic) bond motifs is 2. The van der Waals surface area contributed by atoms with Crippen molar-refractivity contribution in [3.05, 3.63) is 105 Å². The number of benzene rings is 2. The van der Waals surface area contributed by atoms with Crippen LogP contribution in [0.3, 0.4) is 0 Å². The zero-order chi connectivity index (χ0) is 30.7. The summed E-state index contributed by atoms with van der Waals surface area (Å²) in [6, 6.07) is 15.9. The Labute approximate surface area is 255 Å². The molecule has 1 unspecified atom stereocenters. The molecule has 13 heteroatoms. The molecule has 43 heavy (non-hydrogen) atoms. The molecule has 0 fully saturated rings. The maximum Gasteiger partial charge on any atom is 0.492 e. The van der Waals surface area contributed by atoms with Crippen LogP contribution in [0, 0.1) is 0 Å². The Morgan fingerprint density at radius 2 is 1.86 bits per heavy atom. The number of pyridine rings is 1. The van der Waals surface area contributed by atoms with Crippen molar-refractivity contribution in [2.45, 2.75) is 44.1 Å². The summed E-state index contributed by atoms with van der Waals surface area (Å²) in [6.45, 7) is 4.10. The number of oxime groups is 1. The number of nitrogens with one attached hydrogen (secondary N) is 1. The molecule has 2 N–H and O–H groups in total. The number of hydrogen-bond acceptors (Lipinski definition) is 5. The predicted molar refractivity (Wildman–Crippen MR) is 158 cm³/mol. The largest absolute Gasteiger partial charge is 0.492 e. The Kier molecular flexibility index (Phi) is 7.28. The molecule has 2 aromatic carbocycles. The Hall–Kier alpha value is -3.51. The van der Waals surface area contributed by atoms with Crippen LogP contribution in [0.25, 0.3) is 5.52 Å². The van der Waals surface area contributed by atoms with Crippen LogP contribution in [0.5, 0.6) is 0 Å². The first-order chi connectivity index (χ1) is 20.3. The van der Waals surface area contributed by atoms with E-state index < -0.39 is 30.9 Å². The van der Waals surface area contributed by atoms with Crippen LogP contribution < -0.4 is 10.8 Å². The van der Waals surface area contributed by atoms with Gasteiger partial charge in [-0.2, -0.15) is 13.2 Å². The van der Waals surface area contributed by atoms with Crippen molar-refractivity contribution < 1.29 is 32.5 Å². The number of hydrogen-bond donors (Lipinski definition) is 2. The second-order valence-electron chi connectivity index (χ2n) is 11.1. The molecule has 6 rings (SSSR count). The molecule has 0 spiro atoms. The second-order valence-corrected chi connectivity index (χ2v) is 12.0. The van der Waals surface area contributed by atoms with Gasteiger partial charge in [-0.25, -0.2) is 0 Å². The summed E-state index contributed by atoms with van der Waals surface area (Å²) in [5.74, 6) is -0.360. The molecule has 2 aliphatic heterocycles. The fourth-order valence-corrected chi connectivity index (χ4v) is 6.27. The van der Waals surface area contributed by atoms with Gasteiger partial charge in [0, 0.05) is 33.9 Å². The molecule has 222 valence electrons. The van der Waals surface area contributed by atoms with Gasteiger partial charge in [0.05, 0.1) is 23.3 Å². The average Bonchev–Trinajstić information content (AvgIpc) is 3.65. The van der Waals surface area contributed by atoms with E-state index in [0.717, 1.165) is 11.1 Å². The molecule has 7 nitrogen and oxygen atoms in total. The van der Waals surface area contributed by atoms with Crippen LogP contribution in [0.2, 0.25) is 10.0 Å². The smallest absolute Gasteiger partial charge is 0.423 e. The number of nitrogens with zero attached hydrogens (tertiary/aromatic N) is 2. The van der Waals surface area contributed by atoms with E-state index >= 15 is 0 Å². The van der Waals surface area contributed by atoms with Gasteiger partial charge in [-0.3, -0.25) is 4.79 Å². The molecular weight excluding hydrogens is 605 g/mol. The van der Waals surface area contributed by atoms with E-state index in [9.17, 15) is 23.0 Å². The number of amides is 1. The van der Waals surface area contributed by atoms with Crippen molar-refractivity contribution in [3.63, 3.8) is 0 Å². The van der Waals surface area contributed by atoms with Gasteiger partial charge in [-0.1, -0.05) is 46.6 Å². The lowest BCUT2D eigenvalue weighted by molar-refractivity contribution is -0.275. The van der Waals surface area contributed by atoms with Gasteiger partial charge in [-0.15, -0.1) is 0 Å². The highest BCUT2D eigenvalue weighted by molar-refractivity contribution is 6.62. The van der Waals surface area contributed by atoms with E-state index in [2.05, 4.69) is 10.5 Å². The van der Waals surface area contributed by atoms with Gasteiger partial charge >= 0.3 is 13.3 Å². The first-order valence-corrected chi connectivity index (χ1v) is 14.2. The van der Waals surface area contributed by atoms with Crippen LogP contribution in [-0.4, -0.2) is 40.9 Å². The van der Waals surface area contributed by atoms with Crippen LogP contribution in [-0.2, 0) is 27.1 Å². The minimum absolute atomic E-state index is 0.0410. The number of carbonyl (C=O) groups is 1. The Bertz CT molecular complexity index is 1770. The van der Waals surface area contributed by atoms with Crippen LogP contribution in [0.4, 0.5) is 13.2 Å². The molecule has 2 aliphatic rings. The van der Waals surface area contributed by atoms with Crippen molar-refractivity contribution in [1.82, 2.24) is 9.72 Å². The number of alkyl halides is 3. The van der Waals surface area contributed by atoms with Crippen molar-refractivity contribution in [3.8, 4) is 0 Å². The lowest BCUT2D eigenvalue weighted by Gasteiger charge is -2.29. The monoisotopic (exact) mass is 629 g/mol. The minimum Gasteiger partial charge on any atom is -0.423 e. The number of halogens is 5. The van der Waals surface area contributed by atoms with Crippen molar-refractivity contribution in [2.75, 3.05) is 6.54 Å². The molecule has 0 saturated carbocycles. The maximum atomic E-state index is 14.5. The van der Waals surface area contributed by atoms with E-state index in [0.29, 0.717) is 35.2 Å². The molecule has 1 amide bonds. The normalized spacial score (nSPS) is 19.3. The molecule has 4 aromatic rings. The zero-order valence-electron chi connectivity index (χ0n) is 23.0. The second kappa shape index (κ2) is 10.6. The molecule has 1 atom stereocenters. The van der Waals surface area contributed by atoms with E-state index in [-0.39, 0.29) is 27.2 Å². The van der Waals surface area contributed by atoms with Gasteiger partial charge in [0.2, 0.25) is 0 Å². The highest BCUT2D eigenvalue weighted by atomic mass is 35.5. The zero-order valence-corrected chi connectivity index (χ0v) is 24.5.